The summed E-state index contributed by atoms with van der Waals surface area (Å²) in [5.41, 5.74) is 1.57. The number of ketones is 1. The summed E-state index contributed by atoms with van der Waals surface area (Å²) in [6.45, 7) is 4.91. The Hall–Kier alpha value is -2.49. The lowest BCUT2D eigenvalue weighted by atomic mass is 10.00. The van der Waals surface area contributed by atoms with E-state index >= 15 is 0 Å². The van der Waals surface area contributed by atoms with Crippen LogP contribution >= 0.6 is 0 Å². The van der Waals surface area contributed by atoms with Gasteiger partial charge in [0.1, 0.15) is 11.5 Å². The fraction of sp³-hybridized carbons (Fsp3) is 0.409. The maximum atomic E-state index is 12.7. The minimum Gasteiger partial charge on any atom is -0.501 e. The van der Waals surface area contributed by atoms with Crippen LogP contribution in [0.1, 0.15) is 43.5 Å². The first-order valence-corrected chi connectivity index (χ1v) is 9.01. The molecule has 2 rings (SSSR count). The second kappa shape index (κ2) is 9.85. The van der Waals surface area contributed by atoms with Gasteiger partial charge in [-0.05, 0) is 42.5 Å². The van der Waals surface area contributed by atoms with Crippen LogP contribution in [0.5, 0.6) is 5.75 Å². The molecule has 1 aliphatic carbocycles. The molecule has 0 radical (unpaired) electrons. The van der Waals surface area contributed by atoms with Crippen LogP contribution in [0.3, 0.4) is 0 Å². The van der Waals surface area contributed by atoms with E-state index in [0.717, 1.165) is 36.4 Å². The molecule has 0 unspecified atom stereocenters. The van der Waals surface area contributed by atoms with Crippen molar-refractivity contribution in [2.45, 2.75) is 33.1 Å². The predicted octanol–water partition coefficient (Wildman–Crippen LogP) is 5.08. The van der Waals surface area contributed by atoms with Crippen LogP contribution in [-0.2, 0) is 9.47 Å². The smallest absolute Gasteiger partial charge is 0.189 e. The zero-order valence-corrected chi connectivity index (χ0v) is 16.1. The minimum atomic E-state index is -0.0744. The van der Waals surface area contributed by atoms with Crippen molar-refractivity contribution >= 4 is 5.78 Å². The van der Waals surface area contributed by atoms with Crippen LogP contribution in [0, 0.1) is 5.92 Å². The van der Waals surface area contributed by atoms with E-state index in [9.17, 15) is 4.79 Å². The number of rotatable bonds is 9. The van der Waals surface area contributed by atoms with Gasteiger partial charge in [0, 0.05) is 12.5 Å². The number of para-hydroxylation sites is 1. The van der Waals surface area contributed by atoms with Crippen molar-refractivity contribution in [2.24, 2.45) is 5.92 Å². The van der Waals surface area contributed by atoms with Gasteiger partial charge in [0.25, 0.3) is 0 Å². The summed E-state index contributed by atoms with van der Waals surface area (Å²) >= 11 is 0. The van der Waals surface area contributed by atoms with Crippen LogP contribution in [-0.4, -0.2) is 26.6 Å². The Morgan fingerprint density at radius 3 is 2.62 bits per heavy atom. The zero-order valence-electron chi connectivity index (χ0n) is 16.1. The first-order valence-electron chi connectivity index (χ1n) is 9.01. The van der Waals surface area contributed by atoms with Gasteiger partial charge in [0.15, 0.2) is 5.78 Å². The third-order valence-electron chi connectivity index (χ3n) is 4.27. The molecule has 0 fully saturated rings. The Morgan fingerprint density at radius 1 is 1.15 bits per heavy atom. The highest BCUT2D eigenvalue weighted by atomic mass is 16.5. The van der Waals surface area contributed by atoms with Gasteiger partial charge in [-0.1, -0.05) is 32.1 Å². The maximum Gasteiger partial charge on any atom is 0.189 e. The molecule has 4 nitrogen and oxygen atoms in total. The monoisotopic (exact) mass is 356 g/mol. The molecule has 0 amide bonds. The molecule has 0 aliphatic heterocycles. The molecule has 0 saturated carbocycles. The first kappa shape index (κ1) is 19.8. The largest absolute Gasteiger partial charge is 0.501 e. The number of allylic oxidation sites excluding steroid dienone is 5. The second-order valence-electron chi connectivity index (χ2n) is 6.63. The molecule has 0 heterocycles. The number of ether oxygens (including phenoxy) is 3. The van der Waals surface area contributed by atoms with Crippen molar-refractivity contribution in [3.63, 3.8) is 0 Å². The predicted molar refractivity (Wildman–Crippen MR) is 103 cm³/mol. The third-order valence-corrected chi connectivity index (χ3v) is 4.27. The second-order valence-corrected chi connectivity index (χ2v) is 6.63. The highest BCUT2D eigenvalue weighted by Gasteiger charge is 2.14. The van der Waals surface area contributed by atoms with Crippen molar-refractivity contribution < 1.29 is 19.0 Å². The highest BCUT2D eigenvalue weighted by Crippen LogP contribution is 2.26. The molecular weight excluding hydrogens is 328 g/mol. The average Bonchev–Trinajstić information content (AvgIpc) is 2.66. The lowest BCUT2D eigenvalue weighted by molar-refractivity contribution is 0.104. The van der Waals surface area contributed by atoms with E-state index in [1.54, 1.807) is 26.4 Å². The lowest BCUT2D eigenvalue weighted by Crippen LogP contribution is -2.06. The molecule has 140 valence electrons. The molecule has 1 aromatic carbocycles. The molecule has 0 atom stereocenters. The highest BCUT2D eigenvalue weighted by molar-refractivity contribution is 6.06. The maximum absolute atomic E-state index is 12.7. The average molecular weight is 356 g/mol. The summed E-state index contributed by atoms with van der Waals surface area (Å²) in [6.07, 6.45) is 7.82. The summed E-state index contributed by atoms with van der Waals surface area (Å²) in [6, 6.07) is 7.38. The van der Waals surface area contributed by atoms with Gasteiger partial charge in [-0.3, -0.25) is 4.79 Å². The summed E-state index contributed by atoms with van der Waals surface area (Å²) in [5, 5.41) is 0. The quantitative estimate of drug-likeness (QED) is 0.457. The molecule has 0 saturated heterocycles. The summed E-state index contributed by atoms with van der Waals surface area (Å²) < 4.78 is 16.5. The Morgan fingerprint density at radius 2 is 1.92 bits per heavy atom. The van der Waals surface area contributed by atoms with Gasteiger partial charge in [0.05, 0.1) is 32.1 Å². The van der Waals surface area contributed by atoms with E-state index in [0.29, 0.717) is 23.8 Å². The van der Waals surface area contributed by atoms with Gasteiger partial charge in [0.2, 0.25) is 0 Å². The van der Waals surface area contributed by atoms with Crippen LogP contribution in [0.2, 0.25) is 0 Å². The number of carbonyl (C=O) groups excluding carboxylic acids is 1. The zero-order chi connectivity index (χ0) is 18.9. The molecule has 0 N–H and O–H groups in total. The number of hydrogen-bond donors (Lipinski definition) is 0. The molecule has 0 spiro atoms. The normalized spacial score (nSPS) is 14.6. The van der Waals surface area contributed by atoms with Gasteiger partial charge in [-0.25, -0.2) is 0 Å². The molecule has 0 bridgehead atoms. The van der Waals surface area contributed by atoms with Crippen LogP contribution in [0.25, 0.3) is 0 Å². The van der Waals surface area contributed by atoms with E-state index in [2.05, 4.69) is 13.8 Å². The third kappa shape index (κ3) is 5.51. The summed E-state index contributed by atoms with van der Waals surface area (Å²) in [5.74, 6) is 2.74. The molecule has 26 heavy (non-hydrogen) atoms. The van der Waals surface area contributed by atoms with Crippen LogP contribution < -0.4 is 4.74 Å². The SMILES string of the molecule is COC1=CC(OC)=C(/C=C/C(=O)c2ccccc2OCCC(C)C)CC1. The molecule has 0 aromatic heterocycles. The topological polar surface area (TPSA) is 44.8 Å². The molecule has 4 heteroatoms. The Kier molecular flexibility index (Phi) is 7.52. The Labute approximate surface area is 156 Å². The molecular formula is C22H28O4. The molecule has 1 aromatic rings. The summed E-state index contributed by atoms with van der Waals surface area (Å²) in [7, 11) is 3.28. The van der Waals surface area contributed by atoms with E-state index < -0.39 is 0 Å². The van der Waals surface area contributed by atoms with Crippen molar-refractivity contribution in [3.8, 4) is 5.75 Å². The van der Waals surface area contributed by atoms with Crippen molar-refractivity contribution in [3.05, 3.63) is 65.1 Å². The lowest BCUT2D eigenvalue weighted by Gasteiger charge is -2.16. The first-order chi connectivity index (χ1) is 12.5. The van der Waals surface area contributed by atoms with Crippen LogP contribution in [0.15, 0.2) is 59.6 Å². The number of carbonyl (C=O) groups is 1. The van der Waals surface area contributed by atoms with E-state index in [1.165, 1.54) is 0 Å². The number of methoxy groups -OCH3 is 2. The fourth-order valence-corrected chi connectivity index (χ4v) is 2.68. The van der Waals surface area contributed by atoms with Crippen molar-refractivity contribution in [1.29, 1.82) is 0 Å². The fourth-order valence-electron chi connectivity index (χ4n) is 2.68. The summed E-state index contributed by atoms with van der Waals surface area (Å²) in [4.78, 5) is 12.7. The van der Waals surface area contributed by atoms with Crippen molar-refractivity contribution in [2.75, 3.05) is 20.8 Å². The van der Waals surface area contributed by atoms with Crippen LogP contribution in [0.4, 0.5) is 0 Å². The van der Waals surface area contributed by atoms with E-state index in [1.807, 2.05) is 30.4 Å². The van der Waals surface area contributed by atoms with Gasteiger partial charge in [-0.15, -0.1) is 0 Å². The standard InChI is InChI=1S/C22H28O4/c1-16(2)13-14-26-21-8-6-5-7-19(21)20(23)12-10-17-9-11-18(24-3)15-22(17)25-4/h5-8,10,12,15-16H,9,11,13-14H2,1-4H3/b12-10+. The van der Waals surface area contributed by atoms with Crippen molar-refractivity contribution in [1.82, 2.24) is 0 Å². The van der Waals surface area contributed by atoms with E-state index in [4.69, 9.17) is 14.2 Å². The van der Waals surface area contributed by atoms with E-state index in [-0.39, 0.29) is 5.78 Å². The van der Waals surface area contributed by atoms with Gasteiger partial charge >= 0.3 is 0 Å². The van der Waals surface area contributed by atoms with Gasteiger partial charge in [-0.2, -0.15) is 0 Å². The minimum absolute atomic E-state index is 0.0744. The number of hydrogen-bond acceptors (Lipinski definition) is 4. The van der Waals surface area contributed by atoms with Gasteiger partial charge < -0.3 is 14.2 Å². The number of benzene rings is 1. The molecule has 1 aliphatic rings. The Bertz CT molecular complexity index is 711. The Balaban J connectivity index is 2.13.